The molecular weight excluding hydrogens is 212 g/mol. The second-order valence-corrected chi connectivity index (χ2v) is 4.34. The molecule has 1 unspecified atom stereocenters. The van der Waals surface area contributed by atoms with E-state index in [9.17, 15) is 9.90 Å². The van der Waals surface area contributed by atoms with E-state index in [1.807, 2.05) is 30.3 Å². The molecule has 1 aromatic rings. The summed E-state index contributed by atoms with van der Waals surface area (Å²) in [7, 11) is 0. The lowest BCUT2D eigenvalue weighted by atomic mass is 10.0. The molecule has 4 heteroatoms. The number of hydrogen-bond acceptors (Lipinski definition) is 3. The van der Waals surface area contributed by atoms with Gasteiger partial charge in [0.25, 0.3) is 0 Å². The minimum atomic E-state index is -1.62. The maximum atomic E-state index is 10.8. The summed E-state index contributed by atoms with van der Waals surface area (Å²) in [5, 5.41) is 18.6. The summed E-state index contributed by atoms with van der Waals surface area (Å²) in [5.74, 6) is -0.989. The number of aliphatic carboxylic acids is 1. The lowest BCUT2D eigenvalue weighted by Gasteiger charge is -2.20. The molecule has 0 bridgehead atoms. The van der Waals surface area contributed by atoms with Crippen molar-refractivity contribution in [3.63, 3.8) is 0 Å². The smallest absolute Gasteiger partial charge is 0.336 e. The molecule has 1 aromatic carbocycles. The van der Waals surface area contributed by atoms with Crippen LogP contribution in [0.15, 0.2) is 35.2 Å². The summed E-state index contributed by atoms with van der Waals surface area (Å²) < 4.78 is 0. The van der Waals surface area contributed by atoms with Crippen LogP contribution < -0.4 is 0 Å². The Morgan fingerprint density at radius 1 is 1.40 bits per heavy atom. The number of thioether (sulfide) groups is 1. The summed E-state index contributed by atoms with van der Waals surface area (Å²) in [5.41, 5.74) is -1.62. The van der Waals surface area contributed by atoms with Gasteiger partial charge >= 0.3 is 5.97 Å². The predicted molar refractivity (Wildman–Crippen MR) is 60.0 cm³/mol. The Morgan fingerprint density at radius 2 is 2.00 bits per heavy atom. The van der Waals surface area contributed by atoms with E-state index in [-0.39, 0.29) is 12.2 Å². The van der Waals surface area contributed by atoms with E-state index in [4.69, 9.17) is 5.11 Å². The lowest BCUT2D eigenvalue weighted by molar-refractivity contribution is -0.156. The third-order valence-electron chi connectivity index (χ3n) is 2.20. The van der Waals surface area contributed by atoms with E-state index in [1.165, 1.54) is 11.8 Å². The first kappa shape index (κ1) is 12.1. The second-order valence-electron chi connectivity index (χ2n) is 3.29. The van der Waals surface area contributed by atoms with Crippen LogP contribution in [0.4, 0.5) is 0 Å². The standard InChI is InChI=1S/C11H14O3S/c1-2-11(14,10(12)13)8-15-9-6-4-3-5-7-9/h3-7,14H,2,8H2,1H3,(H,12,13). The van der Waals surface area contributed by atoms with Crippen LogP contribution in [0.25, 0.3) is 0 Å². The third-order valence-corrected chi connectivity index (χ3v) is 3.43. The van der Waals surface area contributed by atoms with Crippen LogP contribution in [0.2, 0.25) is 0 Å². The Kier molecular flexibility index (Phi) is 4.17. The van der Waals surface area contributed by atoms with Crippen molar-refractivity contribution in [2.24, 2.45) is 0 Å². The van der Waals surface area contributed by atoms with Crippen LogP contribution in [-0.4, -0.2) is 27.5 Å². The number of benzene rings is 1. The molecule has 0 aliphatic rings. The Balaban J connectivity index is 2.59. The number of aliphatic hydroxyl groups is 1. The molecule has 1 atom stereocenters. The molecule has 0 saturated carbocycles. The van der Waals surface area contributed by atoms with Crippen molar-refractivity contribution in [1.29, 1.82) is 0 Å². The van der Waals surface area contributed by atoms with Gasteiger partial charge in [0, 0.05) is 10.6 Å². The highest BCUT2D eigenvalue weighted by molar-refractivity contribution is 7.99. The van der Waals surface area contributed by atoms with Gasteiger partial charge in [-0.05, 0) is 18.6 Å². The summed E-state index contributed by atoms with van der Waals surface area (Å²) in [4.78, 5) is 11.8. The largest absolute Gasteiger partial charge is 0.479 e. The molecule has 0 spiro atoms. The lowest BCUT2D eigenvalue weighted by Crippen LogP contribution is -2.40. The topological polar surface area (TPSA) is 57.5 Å². The van der Waals surface area contributed by atoms with Gasteiger partial charge < -0.3 is 10.2 Å². The van der Waals surface area contributed by atoms with Crippen molar-refractivity contribution in [2.45, 2.75) is 23.8 Å². The van der Waals surface area contributed by atoms with Gasteiger partial charge in [-0.15, -0.1) is 11.8 Å². The quantitative estimate of drug-likeness (QED) is 0.754. The fourth-order valence-corrected chi connectivity index (χ4v) is 2.12. The van der Waals surface area contributed by atoms with E-state index >= 15 is 0 Å². The van der Waals surface area contributed by atoms with Crippen molar-refractivity contribution in [1.82, 2.24) is 0 Å². The molecule has 0 aliphatic carbocycles. The van der Waals surface area contributed by atoms with Crippen LogP contribution in [0, 0.1) is 0 Å². The van der Waals surface area contributed by atoms with Crippen molar-refractivity contribution < 1.29 is 15.0 Å². The third kappa shape index (κ3) is 3.25. The Morgan fingerprint density at radius 3 is 2.47 bits per heavy atom. The zero-order valence-corrected chi connectivity index (χ0v) is 9.33. The van der Waals surface area contributed by atoms with Crippen molar-refractivity contribution in [2.75, 3.05) is 5.75 Å². The second kappa shape index (κ2) is 5.19. The molecule has 0 fully saturated rings. The van der Waals surface area contributed by atoms with Crippen molar-refractivity contribution >= 4 is 17.7 Å². The molecule has 0 aromatic heterocycles. The highest BCUT2D eigenvalue weighted by Crippen LogP contribution is 2.24. The van der Waals surface area contributed by atoms with Gasteiger partial charge in [0.15, 0.2) is 5.60 Å². The molecule has 0 heterocycles. The van der Waals surface area contributed by atoms with Gasteiger partial charge in [0.1, 0.15) is 0 Å². The van der Waals surface area contributed by atoms with Gasteiger partial charge in [-0.25, -0.2) is 4.79 Å². The number of carbonyl (C=O) groups is 1. The average Bonchev–Trinajstić information content (AvgIpc) is 2.27. The minimum Gasteiger partial charge on any atom is -0.479 e. The van der Waals surface area contributed by atoms with Gasteiger partial charge in [0.2, 0.25) is 0 Å². The Labute approximate surface area is 93.1 Å². The predicted octanol–water partition coefficient (Wildman–Crippen LogP) is 2.00. The molecule has 82 valence electrons. The molecular formula is C11H14O3S. The highest BCUT2D eigenvalue weighted by atomic mass is 32.2. The van der Waals surface area contributed by atoms with Crippen molar-refractivity contribution in [3.05, 3.63) is 30.3 Å². The highest BCUT2D eigenvalue weighted by Gasteiger charge is 2.33. The normalized spacial score (nSPS) is 14.5. The first-order valence-corrected chi connectivity index (χ1v) is 5.70. The number of carboxylic acid groups (broad SMARTS) is 1. The van der Waals surface area contributed by atoms with Gasteiger partial charge in [-0.2, -0.15) is 0 Å². The summed E-state index contributed by atoms with van der Waals surface area (Å²) in [6, 6.07) is 9.45. The molecule has 3 nitrogen and oxygen atoms in total. The number of carboxylic acids is 1. The molecule has 15 heavy (non-hydrogen) atoms. The molecule has 2 N–H and O–H groups in total. The first-order chi connectivity index (χ1) is 7.08. The average molecular weight is 226 g/mol. The van der Waals surface area contributed by atoms with E-state index in [1.54, 1.807) is 6.92 Å². The van der Waals surface area contributed by atoms with Gasteiger partial charge in [0.05, 0.1) is 0 Å². The van der Waals surface area contributed by atoms with E-state index < -0.39 is 11.6 Å². The van der Waals surface area contributed by atoms with Crippen molar-refractivity contribution in [3.8, 4) is 0 Å². The Hall–Kier alpha value is -1.00. The molecule has 0 radical (unpaired) electrons. The molecule has 0 saturated heterocycles. The minimum absolute atomic E-state index is 0.169. The summed E-state index contributed by atoms with van der Waals surface area (Å²) >= 11 is 1.35. The van der Waals surface area contributed by atoms with E-state index in [2.05, 4.69) is 0 Å². The van der Waals surface area contributed by atoms with Gasteiger partial charge in [-0.1, -0.05) is 25.1 Å². The summed E-state index contributed by atoms with van der Waals surface area (Å²) in [6.07, 6.45) is 0.210. The van der Waals surface area contributed by atoms with E-state index in [0.29, 0.717) is 0 Å². The molecule has 0 aliphatic heterocycles. The van der Waals surface area contributed by atoms with E-state index in [0.717, 1.165) is 4.90 Å². The zero-order chi connectivity index (χ0) is 11.3. The monoisotopic (exact) mass is 226 g/mol. The van der Waals surface area contributed by atoms with Gasteiger partial charge in [-0.3, -0.25) is 0 Å². The fraction of sp³-hybridized carbons (Fsp3) is 0.364. The maximum absolute atomic E-state index is 10.8. The zero-order valence-electron chi connectivity index (χ0n) is 8.51. The van der Waals surface area contributed by atoms with Crippen LogP contribution in [0.3, 0.4) is 0 Å². The first-order valence-electron chi connectivity index (χ1n) is 4.72. The molecule has 0 amide bonds. The number of rotatable bonds is 5. The van der Waals surface area contributed by atoms with Crippen LogP contribution in [0.1, 0.15) is 13.3 Å². The number of hydrogen-bond donors (Lipinski definition) is 2. The maximum Gasteiger partial charge on any atom is 0.336 e. The SMILES string of the molecule is CCC(O)(CSc1ccccc1)C(=O)O. The molecule has 1 rings (SSSR count). The van der Waals surface area contributed by atoms with Crippen LogP contribution in [-0.2, 0) is 4.79 Å². The fourth-order valence-electron chi connectivity index (χ4n) is 1.03. The van der Waals surface area contributed by atoms with Crippen LogP contribution in [0.5, 0.6) is 0 Å². The summed E-state index contributed by atoms with van der Waals surface area (Å²) in [6.45, 7) is 1.67. The Bertz CT molecular complexity index is 326. The van der Waals surface area contributed by atoms with Crippen LogP contribution >= 0.6 is 11.8 Å².